The van der Waals surface area contributed by atoms with E-state index in [9.17, 15) is 0 Å². The molecule has 0 saturated carbocycles. The molecule has 2 heterocycles. The zero-order chi connectivity index (χ0) is 15.8. The minimum atomic E-state index is 0.613. The van der Waals surface area contributed by atoms with E-state index in [1.807, 2.05) is 49.4 Å². The lowest BCUT2D eigenvalue weighted by Gasteiger charge is -2.08. The predicted octanol–water partition coefficient (Wildman–Crippen LogP) is 3.37. The standard InChI is InChI=1S/C18H15N5/c1-12-4-2-3-5-17(12)23-18(19)14(11-22-23)13-6-7-15-16(10-13)21-9-8-20-15/h2-11H,19H2,1H3. The maximum atomic E-state index is 6.34. The normalized spacial score (nSPS) is 11.0. The minimum Gasteiger partial charge on any atom is -0.383 e. The molecule has 0 amide bonds. The van der Waals surface area contributed by atoms with Crippen molar-refractivity contribution in [2.45, 2.75) is 6.92 Å². The number of benzene rings is 2. The van der Waals surface area contributed by atoms with Crippen LogP contribution in [0.15, 0.2) is 61.1 Å². The van der Waals surface area contributed by atoms with E-state index in [-0.39, 0.29) is 0 Å². The molecule has 4 rings (SSSR count). The molecule has 0 spiro atoms. The van der Waals surface area contributed by atoms with Crippen LogP contribution in [0.5, 0.6) is 0 Å². The van der Waals surface area contributed by atoms with Crippen molar-refractivity contribution in [3.8, 4) is 16.8 Å². The molecular formula is C18H15N5. The quantitative estimate of drug-likeness (QED) is 0.616. The molecule has 2 aromatic carbocycles. The Balaban J connectivity index is 1.85. The van der Waals surface area contributed by atoms with Gasteiger partial charge in [-0.25, -0.2) is 4.68 Å². The summed E-state index contributed by atoms with van der Waals surface area (Å²) in [6, 6.07) is 14.0. The number of rotatable bonds is 2. The second kappa shape index (κ2) is 5.21. The first kappa shape index (κ1) is 13.5. The van der Waals surface area contributed by atoms with Crippen molar-refractivity contribution in [1.82, 2.24) is 19.7 Å². The first-order valence-electron chi connectivity index (χ1n) is 7.35. The minimum absolute atomic E-state index is 0.613. The lowest BCUT2D eigenvalue weighted by molar-refractivity contribution is 0.883. The summed E-state index contributed by atoms with van der Waals surface area (Å²) < 4.78 is 1.77. The van der Waals surface area contributed by atoms with E-state index in [0.29, 0.717) is 5.82 Å². The number of aromatic nitrogens is 4. The molecule has 0 aliphatic carbocycles. The van der Waals surface area contributed by atoms with Gasteiger partial charge in [0.05, 0.1) is 22.9 Å². The smallest absolute Gasteiger partial charge is 0.135 e. The summed E-state index contributed by atoms with van der Waals surface area (Å²) in [5, 5.41) is 4.46. The fourth-order valence-corrected chi connectivity index (χ4v) is 2.70. The molecule has 2 aromatic heterocycles. The second-order valence-corrected chi connectivity index (χ2v) is 5.40. The summed E-state index contributed by atoms with van der Waals surface area (Å²) in [6.07, 6.45) is 5.16. The summed E-state index contributed by atoms with van der Waals surface area (Å²) in [7, 11) is 0. The predicted molar refractivity (Wildman–Crippen MR) is 91.2 cm³/mol. The molecule has 5 heteroatoms. The van der Waals surface area contributed by atoms with E-state index in [1.54, 1.807) is 23.3 Å². The molecule has 2 N–H and O–H groups in total. The largest absolute Gasteiger partial charge is 0.383 e. The lowest BCUT2D eigenvalue weighted by atomic mass is 10.1. The van der Waals surface area contributed by atoms with E-state index < -0.39 is 0 Å². The van der Waals surface area contributed by atoms with Crippen LogP contribution >= 0.6 is 0 Å². The summed E-state index contributed by atoms with van der Waals surface area (Å²) in [4.78, 5) is 8.63. The zero-order valence-corrected chi connectivity index (χ0v) is 12.6. The Labute approximate surface area is 133 Å². The fourth-order valence-electron chi connectivity index (χ4n) is 2.70. The topological polar surface area (TPSA) is 69.6 Å². The Morgan fingerprint density at radius 1 is 0.957 bits per heavy atom. The molecule has 0 unspecified atom stereocenters. The van der Waals surface area contributed by atoms with Crippen molar-refractivity contribution < 1.29 is 0 Å². The molecule has 0 fully saturated rings. The monoisotopic (exact) mass is 301 g/mol. The van der Waals surface area contributed by atoms with Gasteiger partial charge >= 0.3 is 0 Å². The summed E-state index contributed by atoms with van der Waals surface area (Å²) in [5.74, 6) is 0.613. The van der Waals surface area contributed by atoms with Crippen molar-refractivity contribution in [3.63, 3.8) is 0 Å². The van der Waals surface area contributed by atoms with Gasteiger partial charge in [0.1, 0.15) is 5.82 Å². The Kier molecular flexibility index (Phi) is 3.05. The van der Waals surface area contributed by atoms with Crippen LogP contribution in [0, 0.1) is 6.92 Å². The highest BCUT2D eigenvalue weighted by molar-refractivity contribution is 5.84. The number of fused-ring (bicyclic) bond motifs is 1. The third-order valence-corrected chi connectivity index (χ3v) is 3.93. The van der Waals surface area contributed by atoms with Crippen molar-refractivity contribution in [2.75, 3.05) is 5.73 Å². The summed E-state index contributed by atoms with van der Waals surface area (Å²) in [5.41, 5.74) is 12.0. The van der Waals surface area contributed by atoms with Gasteiger partial charge in [0, 0.05) is 18.0 Å². The second-order valence-electron chi connectivity index (χ2n) is 5.40. The molecule has 4 aromatic rings. The number of para-hydroxylation sites is 1. The molecule has 5 nitrogen and oxygen atoms in total. The molecule has 112 valence electrons. The first-order valence-corrected chi connectivity index (χ1v) is 7.35. The number of nitrogen functional groups attached to an aromatic ring is 1. The molecule has 0 aliphatic rings. The van der Waals surface area contributed by atoms with Crippen LogP contribution in [-0.4, -0.2) is 19.7 Å². The molecule has 23 heavy (non-hydrogen) atoms. The number of aryl methyl sites for hydroxylation is 1. The number of nitrogens with zero attached hydrogens (tertiary/aromatic N) is 4. The van der Waals surface area contributed by atoms with Crippen molar-refractivity contribution >= 4 is 16.9 Å². The SMILES string of the molecule is Cc1ccccc1-n1ncc(-c2ccc3nccnc3c2)c1N. The van der Waals surface area contributed by atoms with Crippen LogP contribution in [0.1, 0.15) is 5.56 Å². The summed E-state index contributed by atoms with van der Waals surface area (Å²) in [6.45, 7) is 2.04. The number of nitrogens with two attached hydrogens (primary N) is 1. The van der Waals surface area contributed by atoms with Crippen molar-refractivity contribution in [1.29, 1.82) is 0 Å². The molecule has 0 bridgehead atoms. The number of hydrogen-bond acceptors (Lipinski definition) is 4. The molecule has 0 saturated heterocycles. The number of hydrogen-bond donors (Lipinski definition) is 1. The lowest BCUT2D eigenvalue weighted by Crippen LogP contribution is -2.03. The van der Waals surface area contributed by atoms with Gasteiger partial charge in [0.15, 0.2) is 0 Å². The average molecular weight is 301 g/mol. The van der Waals surface area contributed by atoms with E-state index in [2.05, 4.69) is 15.1 Å². The third kappa shape index (κ3) is 2.23. The third-order valence-electron chi connectivity index (χ3n) is 3.93. The summed E-state index contributed by atoms with van der Waals surface area (Å²) >= 11 is 0. The van der Waals surface area contributed by atoms with Crippen LogP contribution in [0.4, 0.5) is 5.82 Å². The Morgan fingerprint density at radius 2 is 1.74 bits per heavy atom. The molecule has 0 aliphatic heterocycles. The van der Waals surface area contributed by atoms with Crippen molar-refractivity contribution in [2.24, 2.45) is 0 Å². The van der Waals surface area contributed by atoms with Gasteiger partial charge in [-0.15, -0.1) is 0 Å². The van der Waals surface area contributed by atoms with Crippen LogP contribution in [0.25, 0.3) is 27.8 Å². The number of anilines is 1. The van der Waals surface area contributed by atoms with Crippen molar-refractivity contribution in [3.05, 3.63) is 66.6 Å². The van der Waals surface area contributed by atoms with Gasteiger partial charge < -0.3 is 5.73 Å². The van der Waals surface area contributed by atoms with Gasteiger partial charge in [-0.2, -0.15) is 5.10 Å². The Morgan fingerprint density at radius 3 is 2.57 bits per heavy atom. The maximum absolute atomic E-state index is 6.34. The van der Waals surface area contributed by atoms with Gasteiger partial charge in [-0.05, 0) is 36.2 Å². The molecular weight excluding hydrogens is 286 g/mol. The highest BCUT2D eigenvalue weighted by Gasteiger charge is 2.12. The molecule has 0 atom stereocenters. The van der Waals surface area contributed by atoms with Gasteiger partial charge in [-0.3, -0.25) is 9.97 Å². The van der Waals surface area contributed by atoms with Crippen LogP contribution in [0.2, 0.25) is 0 Å². The highest BCUT2D eigenvalue weighted by Crippen LogP contribution is 2.29. The average Bonchev–Trinajstić information content (AvgIpc) is 2.96. The van der Waals surface area contributed by atoms with Gasteiger partial charge in [-0.1, -0.05) is 24.3 Å². The zero-order valence-electron chi connectivity index (χ0n) is 12.6. The van der Waals surface area contributed by atoms with E-state index in [0.717, 1.165) is 33.4 Å². The molecule has 0 radical (unpaired) electrons. The van der Waals surface area contributed by atoms with E-state index in [1.165, 1.54) is 0 Å². The van der Waals surface area contributed by atoms with E-state index in [4.69, 9.17) is 5.73 Å². The van der Waals surface area contributed by atoms with E-state index >= 15 is 0 Å². The highest BCUT2D eigenvalue weighted by atomic mass is 15.3. The van der Waals surface area contributed by atoms with Crippen LogP contribution in [-0.2, 0) is 0 Å². The Bertz CT molecular complexity index is 1000. The van der Waals surface area contributed by atoms with Crippen LogP contribution in [0.3, 0.4) is 0 Å². The van der Waals surface area contributed by atoms with Gasteiger partial charge in [0.2, 0.25) is 0 Å². The fraction of sp³-hybridized carbons (Fsp3) is 0.0556. The Hall–Kier alpha value is -3.21. The maximum Gasteiger partial charge on any atom is 0.135 e. The van der Waals surface area contributed by atoms with Gasteiger partial charge in [0.25, 0.3) is 0 Å². The van der Waals surface area contributed by atoms with Crippen LogP contribution < -0.4 is 5.73 Å². The first-order chi connectivity index (χ1) is 11.2.